The second-order valence-electron chi connectivity index (χ2n) is 5.38. The van der Waals surface area contributed by atoms with E-state index in [1.807, 2.05) is 4.90 Å². The number of urea groups is 1. The number of nitrogens with zero attached hydrogens (tertiary/aromatic N) is 1. The fraction of sp³-hybridized carbons (Fsp3) is 0.923. The van der Waals surface area contributed by atoms with Crippen molar-refractivity contribution in [2.75, 3.05) is 26.2 Å². The molecule has 0 aromatic heterocycles. The van der Waals surface area contributed by atoms with Crippen LogP contribution in [0.1, 0.15) is 33.1 Å². The summed E-state index contributed by atoms with van der Waals surface area (Å²) in [6.07, 6.45) is 3.96. The highest BCUT2D eigenvalue weighted by Gasteiger charge is 2.31. The first-order chi connectivity index (χ1) is 8.22. The Morgan fingerprint density at radius 3 is 2.88 bits per heavy atom. The summed E-state index contributed by atoms with van der Waals surface area (Å²) < 4.78 is 0. The van der Waals surface area contributed by atoms with Crippen molar-refractivity contribution in [3.63, 3.8) is 0 Å². The largest absolute Gasteiger partial charge is 0.336 e. The van der Waals surface area contributed by atoms with Crippen LogP contribution in [0, 0.1) is 11.8 Å². The van der Waals surface area contributed by atoms with Crippen molar-refractivity contribution in [3.05, 3.63) is 0 Å². The van der Waals surface area contributed by atoms with Gasteiger partial charge in [-0.2, -0.15) is 0 Å². The van der Waals surface area contributed by atoms with E-state index in [1.54, 1.807) is 0 Å². The highest BCUT2D eigenvalue weighted by atomic mass is 16.2. The summed E-state index contributed by atoms with van der Waals surface area (Å²) in [5, 5.41) is 6.45. The summed E-state index contributed by atoms with van der Waals surface area (Å²) in [4.78, 5) is 13.2. The van der Waals surface area contributed by atoms with E-state index in [-0.39, 0.29) is 6.03 Å². The van der Waals surface area contributed by atoms with E-state index < -0.39 is 0 Å². The van der Waals surface area contributed by atoms with Crippen LogP contribution in [0.15, 0.2) is 0 Å². The average Bonchev–Trinajstić information content (AvgIpc) is 2.87. The number of rotatable bonds is 5. The Hall–Kier alpha value is -0.770. The van der Waals surface area contributed by atoms with Crippen molar-refractivity contribution in [1.29, 1.82) is 0 Å². The van der Waals surface area contributed by atoms with Crippen molar-refractivity contribution in [3.8, 4) is 0 Å². The highest BCUT2D eigenvalue weighted by Crippen LogP contribution is 2.33. The second kappa shape index (κ2) is 5.71. The van der Waals surface area contributed by atoms with Gasteiger partial charge in [0.1, 0.15) is 0 Å². The summed E-state index contributed by atoms with van der Waals surface area (Å²) in [5.74, 6) is 1.68. The SMILES string of the molecule is CCC1CCC(NCCN2CCNC2=O)C1C. The molecule has 0 radical (unpaired) electrons. The predicted molar refractivity (Wildman–Crippen MR) is 68.9 cm³/mol. The van der Waals surface area contributed by atoms with Crippen LogP contribution in [-0.2, 0) is 0 Å². The van der Waals surface area contributed by atoms with Gasteiger partial charge in [0.15, 0.2) is 0 Å². The van der Waals surface area contributed by atoms with Gasteiger partial charge in [0.05, 0.1) is 0 Å². The van der Waals surface area contributed by atoms with Crippen LogP contribution in [0.25, 0.3) is 0 Å². The summed E-state index contributed by atoms with van der Waals surface area (Å²) in [6.45, 7) is 8.08. The van der Waals surface area contributed by atoms with E-state index in [4.69, 9.17) is 0 Å². The summed E-state index contributed by atoms with van der Waals surface area (Å²) >= 11 is 0. The Morgan fingerprint density at radius 2 is 2.29 bits per heavy atom. The van der Waals surface area contributed by atoms with E-state index in [0.29, 0.717) is 6.04 Å². The fourth-order valence-corrected chi connectivity index (χ4v) is 3.22. The Morgan fingerprint density at radius 1 is 1.47 bits per heavy atom. The van der Waals surface area contributed by atoms with Gasteiger partial charge in [0.25, 0.3) is 0 Å². The van der Waals surface area contributed by atoms with Crippen LogP contribution >= 0.6 is 0 Å². The number of amides is 2. The summed E-state index contributed by atoms with van der Waals surface area (Å²) in [7, 11) is 0. The molecule has 2 N–H and O–H groups in total. The van der Waals surface area contributed by atoms with E-state index in [0.717, 1.165) is 38.0 Å². The number of nitrogens with one attached hydrogen (secondary N) is 2. The van der Waals surface area contributed by atoms with Gasteiger partial charge in [-0.15, -0.1) is 0 Å². The van der Waals surface area contributed by atoms with E-state index in [1.165, 1.54) is 19.3 Å². The van der Waals surface area contributed by atoms with Crippen LogP contribution in [0.4, 0.5) is 4.79 Å². The molecule has 98 valence electrons. The van der Waals surface area contributed by atoms with Crippen molar-refractivity contribution in [2.24, 2.45) is 11.8 Å². The van der Waals surface area contributed by atoms with Crippen LogP contribution < -0.4 is 10.6 Å². The Bertz CT molecular complexity index is 269. The third kappa shape index (κ3) is 2.92. The first-order valence-corrected chi connectivity index (χ1v) is 6.98. The lowest BCUT2D eigenvalue weighted by Gasteiger charge is -2.22. The van der Waals surface area contributed by atoms with Gasteiger partial charge < -0.3 is 15.5 Å². The van der Waals surface area contributed by atoms with Gasteiger partial charge >= 0.3 is 6.03 Å². The lowest BCUT2D eigenvalue weighted by atomic mass is 9.93. The number of hydrogen-bond acceptors (Lipinski definition) is 2. The standard InChI is InChI=1S/C13H25N3O/c1-3-11-4-5-12(10(11)2)14-6-8-16-9-7-15-13(16)17/h10-12,14H,3-9H2,1-2H3,(H,15,17). The zero-order chi connectivity index (χ0) is 12.3. The molecule has 3 unspecified atom stereocenters. The maximum atomic E-state index is 11.4. The third-order valence-corrected chi connectivity index (χ3v) is 4.48. The zero-order valence-electron chi connectivity index (χ0n) is 11.0. The zero-order valence-corrected chi connectivity index (χ0v) is 11.0. The van der Waals surface area contributed by atoms with Crippen molar-refractivity contribution < 1.29 is 4.79 Å². The maximum Gasteiger partial charge on any atom is 0.317 e. The minimum absolute atomic E-state index is 0.0951. The number of hydrogen-bond donors (Lipinski definition) is 2. The summed E-state index contributed by atoms with van der Waals surface area (Å²) in [6, 6.07) is 0.753. The van der Waals surface area contributed by atoms with Gasteiger partial charge in [-0.3, -0.25) is 0 Å². The smallest absolute Gasteiger partial charge is 0.317 e. The molecule has 0 spiro atoms. The van der Waals surface area contributed by atoms with Crippen LogP contribution in [0.3, 0.4) is 0 Å². The fourth-order valence-electron chi connectivity index (χ4n) is 3.22. The molecule has 2 amide bonds. The maximum absolute atomic E-state index is 11.4. The molecule has 17 heavy (non-hydrogen) atoms. The average molecular weight is 239 g/mol. The minimum atomic E-state index is 0.0951. The first-order valence-electron chi connectivity index (χ1n) is 6.98. The van der Waals surface area contributed by atoms with Gasteiger partial charge in [0, 0.05) is 32.2 Å². The highest BCUT2D eigenvalue weighted by molar-refractivity contribution is 5.76. The lowest BCUT2D eigenvalue weighted by Crippen LogP contribution is -2.40. The van der Waals surface area contributed by atoms with E-state index in [9.17, 15) is 4.79 Å². The molecular weight excluding hydrogens is 214 g/mol. The molecule has 2 rings (SSSR count). The number of carbonyl (C=O) groups is 1. The molecule has 0 aromatic carbocycles. The molecular formula is C13H25N3O. The Balaban J connectivity index is 1.67. The molecule has 4 nitrogen and oxygen atoms in total. The normalized spacial score (nSPS) is 33.2. The molecule has 1 heterocycles. The lowest BCUT2D eigenvalue weighted by molar-refractivity contribution is 0.216. The van der Waals surface area contributed by atoms with Crippen molar-refractivity contribution >= 4 is 6.03 Å². The van der Waals surface area contributed by atoms with Crippen LogP contribution in [0.2, 0.25) is 0 Å². The molecule has 1 saturated heterocycles. The Kier molecular flexibility index (Phi) is 4.26. The van der Waals surface area contributed by atoms with Gasteiger partial charge in [-0.05, 0) is 24.7 Å². The molecule has 2 aliphatic rings. The molecule has 4 heteroatoms. The van der Waals surface area contributed by atoms with Crippen molar-refractivity contribution in [1.82, 2.24) is 15.5 Å². The molecule has 3 atom stereocenters. The van der Waals surface area contributed by atoms with Crippen LogP contribution in [-0.4, -0.2) is 43.2 Å². The van der Waals surface area contributed by atoms with Gasteiger partial charge in [0.2, 0.25) is 0 Å². The molecule has 0 aromatic rings. The topological polar surface area (TPSA) is 44.4 Å². The third-order valence-electron chi connectivity index (χ3n) is 4.48. The van der Waals surface area contributed by atoms with E-state index in [2.05, 4.69) is 24.5 Å². The van der Waals surface area contributed by atoms with Gasteiger partial charge in [-0.1, -0.05) is 20.3 Å². The minimum Gasteiger partial charge on any atom is -0.336 e. The van der Waals surface area contributed by atoms with Gasteiger partial charge in [-0.25, -0.2) is 4.79 Å². The Labute approximate surface area is 104 Å². The van der Waals surface area contributed by atoms with E-state index >= 15 is 0 Å². The molecule has 1 aliphatic heterocycles. The quantitative estimate of drug-likeness (QED) is 0.762. The molecule has 1 saturated carbocycles. The van der Waals surface area contributed by atoms with Crippen molar-refractivity contribution in [2.45, 2.75) is 39.2 Å². The molecule has 2 fully saturated rings. The van der Waals surface area contributed by atoms with Crippen LogP contribution in [0.5, 0.6) is 0 Å². The number of carbonyl (C=O) groups excluding carboxylic acids is 1. The molecule has 1 aliphatic carbocycles. The second-order valence-corrected chi connectivity index (χ2v) is 5.38. The first kappa shape index (κ1) is 12.7. The molecule has 0 bridgehead atoms. The predicted octanol–water partition coefficient (Wildman–Crippen LogP) is 1.43. The summed E-state index contributed by atoms with van der Waals surface area (Å²) in [5.41, 5.74) is 0. The monoisotopic (exact) mass is 239 g/mol.